The number of ether oxygens (including phenoxy) is 1. The van der Waals surface area contributed by atoms with Crippen LogP contribution in [0.5, 0.6) is 0 Å². The van der Waals surface area contributed by atoms with Crippen LogP contribution in [0.4, 0.5) is 11.6 Å². The van der Waals surface area contributed by atoms with Crippen molar-refractivity contribution in [1.29, 1.82) is 0 Å². The van der Waals surface area contributed by atoms with Gasteiger partial charge < -0.3 is 30.5 Å². The number of nitrogens with one attached hydrogen (secondary N) is 2. The fourth-order valence-electron chi connectivity index (χ4n) is 3.07. The van der Waals surface area contributed by atoms with Gasteiger partial charge in [-0.05, 0) is 44.2 Å². The van der Waals surface area contributed by atoms with Gasteiger partial charge in [0.25, 0.3) is 10.0 Å². The van der Waals surface area contributed by atoms with Crippen LogP contribution in [0.3, 0.4) is 0 Å². The predicted molar refractivity (Wildman–Crippen MR) is 106 cm³/mol. The van der Waals surface area contributed by atoms with E-state index in [0.29, 0.717) is 17.1 Å². The number of sulfonamides is 1. The zero-order valence-corrected chi connectivity index (χ0v) is 17.1. The second-order valence-corrected chi connectivity index (χ2v) is 8.68. The van der Waals surface area contributed by atoms with E-state index in [4.69, 9.17) is 4.74 Å². The van der Waals surface area contributed by atoms with Gasteiger partial charge in [0.15, 0.2) is 6.23 Å². The third kappa shape index (κ3) is 4.86. The average Bonchev–Trinajstić information content (AvgIpc) is 2.67. The first-order chi connectivity index (χ1) is 14.1. The minimum absolute atomic E-state index is 0.0315. The quantitative estimate of drug-likeness (QED) is 0.330. The van der Waals surface area contributed by atoms with E-state index in [2.05, 4.69) is 20.0 Å². The molecule has 0 saturated carbocycles. The summed E-state index contributed by atoms with van der Waals surface area (Å²) in [6, 6.07) is 7.27. The van der Waals surface area contributed by atoms with Crippen LogP contribution in [0.2, 0.25) is 0 Å². The van der Waals surface area contributed by atoms with E-state index in [0.717, 1.165) is 0 Å². The van der Waals surface area contributed by atoms with Crippen molar-refractivity contribution in [1.82, 2.24) is 9.97 Å². The SMILES string of the molecule is Cc1cc(C)nc(NS(=O)(=O)c2ccc(NC3O[C@H](CO)[C@@H](O)[C@H](O)[C@H]3O)cc2)n1. The molecule has 1 aromatic heterocycles. The molecule has 2 aromatic rings. The Balaban J connectivity index is 1.72. The van der Waals surface area contributed by atoms with Crippen LogP contribution in [-0.4, -0.2) is 76.1 Å². The van der Waals surface area contributed by atoms with Crippen molar-refractivity contribution in [3.05, 3.63) is 41.7 Å². The molecule has 2 heterocycles. The van der Waals surface area contributed by atoms with Gasteiger partial charge in [0, 0.05) is 17.1 Å². The second-order valence-electron chi connectivity index (χ2n) is 7.00. The molecular weight excluding hydrogens is 416 g/mol. The predicted octanol–water partition coefficient (Wildman–Crippen LogP) is -0.894. The minimum Gasteiger partial charge on any atom is -0.394 e. The molecule has 0 radical (unpaired) electrons. The van der Waals surface area contributed by atoms with E-state index in [9.17, 15) is 28.8 Å². The maximum absolute atomic E-state index is 12.6. The normalized spacial score (nSPS) is 26.9. The molecule has 12 heteroatoms. The number of anilines is 2. The highest BCUT2D eigenvalue weighted by Gasteiger charge is 2.43. The van der Waals surface area contributed by atoms with Crippen LogP contribution in [0.15, 0.2) is 35.2 Å². The second kappa shape index (κ2) is 8.79. The zero-order valence-electron chi connectivity index (χ0n) is 16.3. The molecule has 1 aliphatic rings. The van der Waals surface area contributed by atoms with Crippen molar-refractivity contribution in [2.75, 3.05) is 16.6 Å². The van der Waals surface area contributed by atoms with Crippen LogP contribution in [0, 0.1) is 13.8 Å². The Bertz CT molecular complexity index is 964. The summed E-state index contributed by atoms with van der Waals surface area (Å²) in [5, 5.41) is 41.8. The number of benzene rings is 1. The summed E-state index contributed by atoms with van der Waals surface area (Å²) in [5.74, 6) is -0.0315. The lowest BCUT2D eigenvalue weighted by Crippen LogP contribution is -2.60. The smallest absolute Gasteiger partial charge is 0.264 e. The maximum Gasteiger partial charge on any atom is 0.264 e. The highest BCUT2D eigenvalue weighted by Crippen LogP contribution is 2.24. The fourth-order valence-corrected chi connectivity index (χ4v) is 4.01. The lowest BCUT2D eigenvalue weighted by molar-refractivity contribution is -0.221. The third-order valence-corrected chi connectivity index (χ3v) is 5.92. The van der Waals surface area contributed by atoms with Crippen LogP contribution >= 0.6 is 0 Å². The lowest BCUT2D eigenvalue weighted by Gasteiger charge is -2.40. The van der Waals surface area contributed by atoms with Crippen molar-refractivity contribution < 1.29 is 33.6 Å². The summed E-state index contributed by atoms with van der Waals surface area (Å²) in [6.07, 6.45) is -6.62. The van der Waals surface area contributed by atoms with E-state index in [1.54, 1.807) is 19.9 Å². The van der Waals surface area contributed by atoms with Crippen LogP contribution in [-0.2, 0) is 14.8 Å². The Morgan fingerprint density at radius 2 is 1.60 bits per heavy atom. The molecule has 1 aliphatic heterocycles. The summed E-state index contributed by atoms with van der Waals surface area (Å²) in [7, 11) is -3.93. The van der Waals surface area contributed by atoms with Gasteiger partial charge in [-0.3, -0.25) is 0 Å². The Morgan fingerprint density at radius 1 is 1.00 bits per heavy atom. The molecule has 0 bridgehead atoms. The first kappa shape index (κ1) is 22.3. The maximum atomic E-state index is 12.6. The van der Waals surface area contributed by atoms with E-state index in [1.807, 2.05) is 0 Å². The molecule has 1 saturated heterocycles. The molecule has 11 nitrogen and oxygen atoms in total. The molecule has 0 aliphatic carbocycles. The summed E-state index contributed by atoms with van der Waals surface area (Å²) < 4.78 is 32.8. The lowest BCUT2D eigenvalue weighted by atomic mass is 9.98. The standard InChI is InChI=1S/C18H24N4O7S/c1-9-7-10(2)20-18(19-9)22-30(27,28)12-5-3-11(4-6-12)21-17-16(26)15(25)14(24)13(8-23)29-17/h3-7,13-17,21,23-26H,8H2,1-2H3,(H,19,20,22)/t13-,14-,15+,16-,17?/m1/s1. The molecule has 164 valence electrons. The van der Waals surface area contributed by atoms with Crippen molar-refractivity contribution in [2.45, 2.75) is 49.4 Å². The van der Waals surface area contributed by atoms with Gasteiger partial charge in [-0.25, -0.2) is 23.1 Å². The summed E-state index contributed by atoms with van der Waals surface area (Å²) in [4.78, 5) is 8.07. The third-order valence-electron chi connectivity index (χ3n) is 4.57. The molecule has 1 fully saturated rings. The number of rotatable bonds is 6. The number of aryl methyl sites for hydroxylation is 2. The highest BCUT2D eigenvalue weighted by atomic mass is 32.2. The van der Waals surface area contributed by atoms with Gasteiger partial charge in [-0.1, -0.05) is 0 Å². The molecule has 1 aromatic carbocycles. The Morgan fingerprint density at radius 3 is 2.17 bits per heavy atom. The molecule has 3 rings (SSSR count). The molecule has 0 spiro atoms. The number of nitrogens with zero attached hydrogens (tertiary/aromatic N) is 2. The van der Waals surface area contributed by atoms with Crippen molar-refractivity contribution in [2.24, 2.45) is 0 Å². The number of aromatic nitrogens is 2. The van der Waals surface area contributed by atoms with E-state index < -0.39 is 47.3 Å². The van der Waals surface area contributed by atoms with Gasteiger partial charge >= 0.3 is 0 Å². The van der Waals surface area contributed by atoms with Crippen LogP contribution in [0.1, 0.15) is 11.4 Å². The zero-order chi connectivity index (χ0) is 22.1. The topological polar surface area (TPSA) is 174 Å². The van der Waals surface area contributed by atoms with Crippen molar-refractivity contribution in [3.63, 3.8) is 0 Å². The van der Waals surface area contributed by atoms with E-state index >= 15 is 0 Å². The van der Waals surface area contributed by atoms with Gasteiger partial charge in [0.05, 0.1) is 11.5 Å². The van der Waals surface area contributed by atoms with E-state index in [-0.39, 0.29) is 10.8 Å². The Labute approximate surface area is 173 Å². The number of aliphatic hydroxyl groups is 4. The van der Waals surface area contributed by atoms with Gasteiger partial charge in [0.2, 0.25) is 5.95 Å². The Kier molecular flexibility index (Phi) is 6.55. The summed E-state index contributed by atoms with van der Waals surface area (Å²) >= 11 is 0. The average molecular weight is 440 g/mol. The number of aliphatic hydroxyl groups excluding tert-OH is 4. The highest BCUT2D eigenvalue weighted by molar-refractivity contribution is 7.92. The molecule has 0 amide bonds. The first-order valence-electron chi connectivity index (χ1n) is 9.13. The van der Waals surface area contributed by atoms with E-state index in [1.165, 1.54) is 24.3 Å². The van der Waals surface area contributed by atoms with Gasteiger partial charge in [-0.2, -0.15) is 0 Å². The number of hydrogen-bond acceptors (Lipinski definition) is 10. The minimum atomic E-state index is -3.93. The van der Waals surface area contributed by atoms with Crippen molar-refractivity contribution >= 4 is 21.7 Å². The monoisotopic (exact) mass is 440 g/mol. The molecule has 30 heavy (non-hydrogen) atoms. The first-order valence-corrected chi connectivity index (χ1v) is 10.6. The number of hydrogen-bond donors (Lipinski definition) is 6. The molecule has 6 N–H and O–H groups in total. The van der Waals surface area contributed by atoms with Crippen molar-refractivity contribution in [3.8, 4) is 0 Å². The fraction of sp³-hybridized carbons (Fsp3) is 0.444. The summed E-state index contributed by atoms with van der Waals surface area (Å²) in [6.45, 7) is 2.91. The van der Waals surface area contributed by atoms with Crippen LogP contribution in [0.25, 0.3) is 0 Å². The molecule has 5 atom stereocenters. The molecule has 1 unspecified atom stereocenters. The van der Waals surface area contributed by atoms with Gasteiger partial charge in [-0.15, -0.1) is 0 Å². The molecular formula is C18H24N4O7S. The van der Waals surface area contributed by atoms with Gasteiger partial charge in [0.1, 0.15) is 24.4 Å². The summed E-state index contributed by atoms with van der Waals surface area (Å²) in [5.41, 5.74) is 1.64. The largest absolute Gasteiger partial charge is 0.394 e. The van der Waals surface area contributed by atoms with Crippen LogP contribution < -0.4 is 10.0 Å². The Hall–Kier alpha value is -2.35.